The molecular weight excluding hydrogens is 252 g/mol. The Morgan fingerprint density at radius 1 is 1.20 bits per heavy atom. The third-order valence-corrected chi connectivity index (χ3v) is 4.14. The molecule has 1 aromatic rings. The second kappa shape index (κ2) is 6.31. The maximum absolute atomic E-state index is 12.6. The predicted octanol–water partition coefficient (Wildman–Crippen LogP) is 2.33. The van der Waals surface area contributed by atoms with Crippen LogP contribution >= 0.6 is 0 Å². The third-order valence-electron chi connectivity index (χ3n) is 4.14. The molecule has 20 heavy (non-hydrogen) atoms. The fourth-order valence-electron chi connectivity index (χ4n) is 2.95. The summed E-state index contributed by atoms with van der Waals surface area (Å²) in [5.74, 6) is 0.372. The molecule has 0 atom stereocenters. The average Bonchev–Trinajstić information content (AvgIpc) is 2.63. The van der Waals surface area contributed by atoms with Crippen LogP contribution in [0, 0.1) is 19.3 Å². The molecule has 0 saturated heterocycles. The van der Waals surface area contributed by atoms with E-state index in [9.17, 15) is 4.79 Å². The first kappa shape index (κ1) is 14.9. The van der Waals surface area contributed by atoms with E-state index in [0.717, 1.165) is 37.1 Å². The normalized spacial score (nSPS) is 18.4. The van der Waals surface area contributed by atoms with Gasteiger partial charge in [-0.2, -0.15) is 0 Å². The van der Waals surface area contributed by atoms with Crippen molar-refractivity contribution >= 4 is 11.9 Å². The number of aryl methyl sites for hydroxylation is 2. The van der Waals surface area contributed by atoms with E-state index in [2.05, 4.69) is 15.3 Å². The Morgan fingerprint density at radius 2 is 1.75 bits per heavy atom. The smallest absolute Gasteiger partial charge is 0.234 e. The molecule has 1 saturated carbocycles. The van der Waals surface area contributed by atoms with Crippen LogP contribution in [0.5, 0.6) is 0 Å². The Balaban J connectivity index is 2.16. The number of hydrogen-bond donors (Lipinski definition) is 2. The molecule has 5 heteroatoms. The number of aromatic nitrogens is 2. The van der Waals surface area contributed by atoms with Crippen molar-refractivity contribution < 1.29 is 4.79 Å². The summed E-state index contributed by atoms with van der Waals surface area (Å²) < 4.78 is 0. The van der Waals surface area contributed by atoms with Crippen molar-refractivity contribution in [3.8, 4) is 0 Å². The van der Waals surface area contributed by atoms with Crippen LogP contribution < -0.4 is 11.1 Å². The van der Waals surface area contributed by atoms with E-state index < -0.39 is 5.41 Å². The lowest BCUT2D eigenvalue weighted by Crippen LogP contribution is -2.42. The zero-order chi connectivity index (χ0) is 14.6. The quantitative estimate of drug-likeness (QED) is 0.830. The SMILES string of the molecule is Cc1cc(C)nc(NC(=O)C2(CN)CCCCCC2)n1. The molecule has 3 N–H and O–H groups in total. The Hall–Kier alpha value is -1.49. The van der Waals surface area contributed by atoms with E-state index in [-0.39, 0.29) is 5.91 Å². The maximum Gasteiger partial charge on any atom is 0.234 e. The molecule has 1 aliphatic carbocycles. The van der Waals surface area contributed by atoms with Gasteiger partial charge in [-0.25, -0.2) is 9.97 Å². The minimum Gasteiger partial charge on any atom is -0.329 e. The molecular formula is C15H24N4O. The maximum atomic E-state index is 12.6. The number of carbonyl (C=O) groups excluding carboxylic acids is 1. The number of anilines is 1. The lowest BCUT2D eigenvalue weighted by Gasteiger charge is -2.29. The molecule has 2 rings (SSSR count). The van der Waals surface area contributed by atoms with E-state index in [1.165, 1.54) is 12.8 Å². The fourth-order valence-corrected chi connectivity index (χ4v) is 2.95. The van der Waals surface area contributed by atoms with Gasteiger partial charge >= 0.3 is 0 Å². The van der Waals surface area contributed by atoms with Gasteiger partial charge < -0.3 is 5.73 Å². The van der Waals surface area contributed by atoms with Gasteiger partial charge in [0.15, 0.2) is 0 Å². The van der Waals surface area contributed by atoms with Gasteiger partial charge in [0.25, 0.3) is 0 Å². The summed E-state index contributed by atoms with van der Waals surface area (Å²) in [6.07, 6.45) is 6.24. The minimum absolute atomic E-state index is 0.0214. The van der Waals surface area contributed by atoms with Crippen LogP contribution in [0.1, 0.15) is 49.9 Å². The van der Waals surface area contributed by atoms with Crippen molar-refractivity contribution in [1.82, 2.24) is 9.97 Å². The Kier molecular flexibility index (Phi) is 4.70. The average molecular weight is 276 g/mol. The number of nitrogens with two attached hydrogens (primary N) is 1. The first-order valence-corrected chi connectivity index (χ1v) is 7.39. The van der Waals surface area contributed by atoms with Crippen molar-refractivity contribution in [2.75, 3.05) is 11.9 Å². The van der Waals surface area contributed by atoms with Crippen molar-refractivity contribution in [2.24, 2.45) is 11.1 Å². The van der Waals surface area contributed by atoms with Gasteiger partial charge in [0.05, 0.1) is 5.41 Å². The van der Waals surface area contributed by atoms with Gasteiger partial charge in [-0.3, -0.25) is 10.1 Å². The molecule has 110 valence electrons. The summed E-state index contributed by atoms with van der Waals surface area (Å²) in [5.41, 5.74) is 7.19. The Bertz CT molecular complexity index is 459. The standard InChI is InChI=1S/C15H24N4O/c1-11-9-12(2)18-14(17-11)19-13(20)15(10-16)7-5-3-4-6-8-15/h9H,3-8,10,16H2,1-2H3,(H,17,18,19,20). The summed E-state index contributed by atoms with van der Waals surface area (Å²) in [6.45, 7) is 4.19. The summed E-state index contributed by atoms with van der Waals surface area (Å²) in [4.78, 5) is 21.2. The number of carbonyl (C=O) groups is 1. The highest BCUT2D eigenvalue weighted by molar-refractivity contribution is 5.94. The van der Waals surface area contributed by atoms with Crippen molar-refractivity contribution in [3.63, 3.8) is 0 Å². The first-order chi connectivity index (χ1) is 9.55. The summed E-state index contributed by atoms with van der Waals surface area (Å²) in [7, 11) is 0. The molecule has 5 nitrogen and oxygen atoms in total. The molecule has 1 aromatic heterocycles. The van der Waals surface area contributed by atoms with Crippen LogP contribution in [0.4, 0.5) is 5.95 Å². The number of nitrogens with zero attached hydrogens (tertiary/aromatic N) is 2. The second-order valence-electron chi connectivity index (χ2n) is 5.83. The molecule has 0 radical (unpaired) electrons. The van der Waals surface area contributed by atoms with Crippen molar-refractivity contribution in [1.29, 1.82) is 0 Å². The third kappa shape index (κ3) is 3.33. The van der Waals surface area contributed by atoms with E-state index in [4.69, 9.17) is 5.73 Å². The minimum atomic E-state index is -0.447. The molecule has 0 aliphatic heterocycles. The summed E-state index contributed by atoms with van der Waals surface area (Å²) >= 11 is 0. The highest BCUT2D eigenvalue weighted by atomic mass is 16.2. The number of amides is 1. The molecule has 1 aliphatic rings. The molecule has 1 heterocycles. The predicted molar refractivity (Wildman–Crippen MR) is 79.3 cm³/mol. The van der Waals surface area contributed by atoms with Crippen LogP contribution in [-0.2, 0) is 4.79 Å². The van der Waals surface area contributed by atoms with Crippen LogP contribution in [-0.4, -0.2) is 22.4 Å². The van der Waals surface area contributed by atoms with Gasteiger partial charge in [-0.05, 0) is 32.8 Å². The molecule has 0 unspecified atom stereocenters. The van der Waals surface area contributed by atoms with E-state index in [1.807, 2.05) is 19.9 Å². The van der Waals surface area contributed by atoms with Crippen molar-refractivity contribution in [2.45, 2.75) is 52.4 Å². The summed E-state index contributed by atoms with van der Waals surface area (Å²) in [5, 5.41) is 2.87. The number of hydrogen-bond acceptors (Lipinski definition) is 4. The largest absolute Gasteiger partial charge is 0.329 e. The summed E-state index contributed by atoms with van der Waals surface area (Å²) in [6, 6.07) is 1.89. The monoisotopic (exact) mass is 276 g/mol. The van der Waals surface area contributed by atoms with Crippen LogP contribution in [0.2, 0.25) is 0 Å². The van der Waals surface area contributed by atoms with Gasteiger partial charge in [-0.1, -0.05) is 25.7 Å². The topological polar surface area (TPSA) is 80.9 Å². The lowest BCUT2D eigenvalue weighted by molar-refractivity contribution is -0.125. The highest BCUT2D eigenvalue weighted by Gasteiger charge is 2.37. The van der Waals surface area contributed by atoms with Crippen molar-refractivity contribution in [3.05, 3.63) is 17.5 Å². The molecule has 0 aromatic carbocycles. The van der Waals surface area contributed by atoms with E-state index in [1.54, 1.807) is 0 Å². The molecule has 1 fully saturated rings. The first-order valence-electron chi connectivity index (χ1n) is 7.39. The van der Waals surface area contributed by atoms with Crippen LogP contribution in [0.3, 0.4) is 0 Å². The number of rotatable bonds is 3. The Labute approximate surface area is 120 Å². The van der Waals surface area contributed by atoms with Gasteiger partial charge in [-0.15, -0.1) is 0 Å². The molecule has 0 bridgehead atoms. The zero-order valence-electron chi connectivity index (χ0n) is 12.4. The van der Waals surface area contributed by atoms with E-state index in [0.29, 0.717) is 12.5 Å². The fraction of sp³-hybridized carbons (Fsp3) is 0.667. The van der Waals surface area contributed by atoms with Gasteiger partial charge in [0.2, 0.25) is 11.9 Å². The zero-order valence-corrected chi connectivity index (χ0v) is 12.4. The molecule has 0 spiro atoms. The number of nitrogens with one attached hydrogen (secondary N) is 1. The highest BCUT2D eigenvalue weighted by Crippen LogP contribution is 2.35. The van der Waals surface area contributed by atoms with E-state index >= 15 is 0 Å². The van der Waals surface area contributed by atoms with Gasteiger partial charge in [0.1, 0.15) is 0 Å². The Morgan fingerprint density at radius 3 is 2.25 bits per heavy atom. The van der Waals surface area contributed by atoms with Crippen LogP contribution in [0.15, 0.2) is 6.07 Å². The van der Waals surface area contributed by atoms with Crippen LogP contribution in [0.25, 0.3) is 0 Å². The second-order valence-corrected chi connectivity index (χ2v) is 5.83. The molecule has 1 amide bonds. The lowest BCUT2D eigenvalue weighted by atomic mass is 9.79. The van der Waals surface area contributed by atoms with Gasteiger partial charge in [0, 0.05) is 17.9 Å².